The van der Waals surface area contributed by atoms with Crippen molar-refractivity contribution in [2.75, 3.05) is 13.7 Å². The summed E-state index contributed by atoms with van der Waals surface area (Å²) in [6, 6.07) is 6.07. The molecule has 0 atom stereocenters. The molecule has 1 aromatic carbocycles. The molecule has 0 aliphatic heterocycles. The van der Waals surface area contributed by atoms with E-state index in [1.165, 1.54) is 18.4 Å². The first kappa shape index (κ1) is 13.2. The quantitative estimate of drug-likeness (QED) is 0.843. The van der Waals surface area contributed by atoms with E-state index in [0.717, 1.165) is 30.4 Å². The molecular formula is C15H23NO2. The standard InChI is InChI=1S/C15H23NO2/c1-15(2,16)9-12-6-7-13(17-3)14(8-12)18-10-11-4-5-11/h6-8,11H,4-5,9-10,16H2,1-3H3. The molecule has 1 aliphatic carbocycles. The van der Waals surface area contributed by atoms with Gasteiger partial charge in [0.05, 0.1) is 13.7 Å². The Morgan fingerprint density at radius 1 is 1.28 bits per heavy atom. The summed E-state index contributed by atoms with van der Waals surface area (Å²) in [4.78, 5) is 0. The summed E-state index contributed by atoms with van der Waals surface area (Å²) in [5.74, 6) is 2.38. The fourth-order valence-corrected chi connectivity index (χ4v) is 1.96. The Bertz CT molecular complexity index is 405. The maximum absolute atomic E-state index is 6.05. The summed E-state index contributed by atoms with van der Waals surface area (Å²) >= 11 is 0. The van der Waals surface area contributed by atoms with Gasteiger partial charge in [0, 0.05) is 5.54 Å². The number of benzene rings is 1. The van der Waals surface area contributed by atoms with Crippen molar-refractivity contribution in [2.24, 2.45) is 11.7 Å². The van der Waals surface area contributed by atoms with E-state index in [0.29, 0.717) is 0 Å². The average molecular weight is 249 g/mol. The molecule has 0 bridgehead atoms. The third kappa shape index (κ3) is 3.91. The van der Waals surface area contributed by atoms with Crippen LogP contribution in [0.15, 0.2) is 18.2 Å². The van der Waals surface area contributed by atoms with Gasteiger partial charge in [-0.25, -0.2) is 0 Å². The van der Waals surface area contributed by atoms with Crippen molar-refractivity contribution in [1.82, 2.24) is 0 Å². The lowest BCUT2D eigenvalue weighted by atomic mass is 9.96. The number of rotatable bonds is 6. The van der Waals surface area contributed by atoms with Crippen LogP contribution in [0.4, 0.5) is 0 Å². The monoisotopic (exact) mass is 249 g/mol. The summed E-state index contributed by atoms with van der Waals surface area (Å²) in [7, 11) is 1.67. The van der Waals surface area contributed by atoms with Crippen molar-refractivity contribution >= 4 is 0 Å². The molecule has 0 radical (unpaired) electrons. The normalized spacial score (nSPS) is 15.6. The maximum Gasteiger partial charge on any atom is 0.161 e. The molecule has 1 saturated carbocycles. The molecule has 0 spiro atoms. The fourth-order valence-electron chi connectivity index (χ4n) is 1.96. The van der Waals surface area contributed by atoms with Crippen LogP contribution in [0, 0.1) is 5.92 Å². The van der Waals surface area contributed by atoms with Crippen LogP contribution in [-0.4, -0.2) is 19.3 Å². The predicted octanol–water partition coefficient (Wildman–Crippen LogP) is 2.76. The highest BCUT2D eigenvalue weighted by Crippen LogP contribution is 2.33. The molecule has 100 valence electrons. The van der Waals surface area contributed by atoms with E-state index in [1.54, 1.807) is 7.11 Å². The molecule has 2 N–H and O–H groups in total. The first-order chi connectivity index (χ1) is 8.48. The molecular weight excluding hydrogens is 226 g/mol. The van der Waals surface area contributed by atoms with Crippen molar-refractivity contribution in [3.05, 3.63) is 23.8 Å². The van der Waals surface area contributed by atoms with E-state index < -0.39 is 0 Å². The Morgan fingerprint density at radius 2 is 2.00 bits per heavy atom. The fraction of sp³-hybridized carbons (Fsp3) is 0.600. The summed E-state index contributed by atoms with van der Waals surface area (Å²) in [5.41, 5.74) is 7.03. The molecule has 0 unspecified atom stereocenters. The van der Waals surface area contributed by atoms with Gasteiger partial charge in [0.2, 0.25) is 0 Å². The van der Waals surface area contributed by atoms with Crippen LogP contribution in [0.3, 0.4) is 0 Å². The Hall–Kier alpha value is -1.22. The second kappa shape index (κ2) is 5.19. The van der Waals surface area contributed by atoms with Gasteiger partial charge >= 0.3 is 0 Å². The zero-order valence-electron chi connectivity index (χ0n) is 11.5. The van der Waals surface area contributed by atoms with Crippen molar-refractivity contribution in [3.63, 3.8) is 0 Å². The Labute approximate surface area is 109 Å². The number of hydrogen-bond donors (Lipinski definition) is 1. The largest absolute Gasteiger partial charge is 0.493 e. The van der Waals surface area contributed by atoms with Crippen molar-refractivity contribution in [3.8, 4) is 11.5 Å². The molecule has 2 rings (SSSR count). The molecule has 18 heavy (non-hydrogen) atoms. The predicted molar refractivity (Wildman–Crippen MR) is 73.2 cm³/mol. The minimum Gasteiger partial charge on any atom is -0.493 e. The second-order valence-electron chi connectivity index (χ2n) is 5.90. The molecule has 1 aliphatic rings. The lowest BCUT2D eigenvalue weighted by Crippen LogP contribution is -2.34. The topological polar surface area (TPSA) is 44.5 Å². The molecule has 0 amide bonds. The zero-order valence-corrected chi connectivity index (χ0v) is 11.5. The smallest absolute Gasteiger partial charge is 0.161 e. The van der Waals surface area contributed by atoms with Gasteiger partial charge in [-0.15, -0.1) is 0 Å². The molecule has 1 fully saturated rings. The first-order valence-corrected chi connectivity index (χ1v) is 6.56. The third-order valence-electron chi connectivity index (χ3n) is 3.06. The number of ether oxygens (including phenoxy) is 2. The first-order valence-electron chi connectivity index (χ1n) is 6.56. The third-order valence-corrected chi connectivity index (χ3v) is 3.06. The van der Waals surface area contributed by atoms with Gasteiger partial charge in [0.15, 0.2) is 11.5 Å². The molecule has 0 heterocycles. The average Bonchev–Trinajstić information content (AvgIpc) is 3.08. The van der Waals surface area contributed by atoms with Crippen LogP contribution in [0.1, 0.15) is 32.3 Å². The summed E-state index contributed by atoms with van der Waals surface area (Å²) in [6.45, 7) is 4.86. The summed E-state index contributed by atoms with van der Waals surface area (Å²) in [6.07, 6.45) is 3.41. The molecule has 3 nitrogen and oxygen atoms in total. The second-order valence-corrected chi connectivity index (χ2v) is 5.90. The van der Waals surface area contributed by atoms with Gasteiger partial charge in [0.25, 0.3) is 0 Å². The van der Waals surface area contributed by atoms with Gasteiger partial charge in [-0.1, -0.05) is 6.07 Å². The SMILES string of the molecule is COc1ccc(CC(C)(C)N)cc1OCC1CC1. The van der Waals surface area contributed by atoms with Crippen LogP contribution in [0.25, 0.3) is 0 Å². The van der Waals surface area contributed by atoms with Gasteiger partial charge in [-0.2, -0.15) is 0 Å². The van der Waals surface area contributed by atoms with Crippen molar-refractivity contribution < 1.29 is 9.47 Å². The van der Waals surface area contributed by atoms with Crippen LogP contribution in [-0.2, 0) is 6.42 Å². The molecule has 1 aromatic rings. The van der Waals surface area contributed by atoms with Crippen LogP contribution >= 0.6 is 0 Å². The number of nitrogens with two attached hydrogens (primary N) is 1. The maximum atomic E-state index is 6.05. The highest BCUT2D eigenvalue weighted by molar-refractivity contribution is 5.43. The zero-order chi connectivity index (χ0) is 13.2. The number of methoxy groups -OCH3 is 1. The summed E-state index contributed by atoms with van der Waals surface area (Å²) < 4.78 is 11.2. The number of hydrogen-bond acceptors (Lipinski definition) is 3. The van der Waals surface area contributed by atoms with E-state index in [4.69, 9.17) is 15.2 Å². The van der Waals surface area contributed by atoms with E-state index in [2.05, 4.69) is 12.1 Å². The van der Waals surface area contributed by atoms with Crippen molar-refractivity contribution in [2.45, 2.75) is 38.6 Å². The van der Waals surface area contributed by atoms with Crippen LogP contribution < -0.4 is 15.2 Å². The summed E-state index contributed by atoms with van der Waals surface area (Å²) in [5, 5.41) is 0. The van der Waals surface area contributed by atoms with E-state index in [9.17, 15) is 0 Å². The van der Waals surface area contributed by atoms with Gasteiger partial charge in [-0.3, -0.25) is 0 Å². The minimum atomic E-state index is -0.206. The lowest BCUT2D eigenvalue weighted by molar-refractivity contribution is 0.280. The van der Waals surface area contributed by atoms with Crippen molar-refractivity contribution in [1.29, 1.82) is 0 Å². The van der Waals surface area contributed by atoms with Gasteiger partial charge in [-0.05, 0) is 56.7 Å². The Morgan fingerprint density at radius 3 is 2.56 bits per heavy atom. The minimum absolute atomic E-state index is 0.206. The van der Waals surface area contributed by atoms with Gasteiger partial charge in [0.1, 0.15) is 0 Å². The molecule has 0 saturated heterocycles. The Balaban J connectivity index is 2.09. The highest BCUT2D eigenvalue weighted by atomic mass is 16.5. The van der Waals surface area contributed by atoms with Crippen LogP contribution in [0.2, 0.25) is 0 Å². The highest BCUT2D eigenvalue weighted by Gasteiger charge is 2.22. The molecule has 3 heteroatoms. The molecule has 0 aromatic heterocycles. The van der Waals surface area contributed by atoms with E-state index in [-0.39, 0.29) is 5.54 Å². The lowest BCUT2D eigenvalue weighted by Gasteiger charge is -2.19. The van der Waals surface area contributed by atoms with Crippen LogP contribution in [0.5, 0.6) is 11.5 Å². The van der Waals surface area contributed by atoms with E-state index in [1.807, 2.05) is 19.9 Å². The Kier molecular flexibility index (Phi) is 3.81. The van der Waals surface area contributed by atoms with Gasteiger partial charge < -0.3 is 15.2 Å². The van der Waals surface area contributed by atoms with E-state index >= 15 is 0 Å².